The van der Waals surface area contributed by atoms with Gasteiger partial charge in [0.2, 0.25) is 0 Å². The fraction of sp³-hybridized carbons (Fsp3) is 0. The molecule has 1 heterocycles. The summed E-state index contributed by atoms with van der Waals surface area (Å²) in [6.07, 6.45) is 0. The minimum absolute atomic E-state index is 0.0202. The molecule has 1 nitrogen and oxygen atoms in total. The van der Waals surface area contributed by atoms with E-state index in [1.165, 1.54) is 0 Å². The van der Waals surface area contributed by atoms with Crippen molar-refractivity contribution in [1.29, 1.82) is 0 Å². The second-order valence-corrected chi connectivity index (χ2v) is 10.8. The molecule has 0 amide bonds. The van der Waals surface area contributed by atoms with E-state index >= 15 is 0 Å². The molecule has 0 fully saturated rings. The van der Waals surface area contributed by atoms with Gasteiger partial charge in [0.25, 0.3) is 0 Å². The van der Waals surface area contributed by atoms with Crippen molar-refractivity contribution in [3.05, 3.63) is 170 Å². The molecule has 9 aromatic rings. The predicted molar refractivity (Wildman–Crippen MR) is 190 cm³/mol. The Balaban J connectivity index is 1.25. The largest absolute Gasteiger partial charge is 0.456 e. The second-order valence-electron chi connectivity index (χ2n) is 10.8. The van der Waals surface area contributed by atoms with E-state index in [0.29, 0.717) is 5.56 Å². The molecule has 8 aromatic carbocycles. The van der Waals surface area contributed by atoms with E-state index in [-0.39, 0.29) is 45.6 Å². The van der Waals surface area contributed by atoms with Gasteiger partial charge in [-0.25, -0.2) is 0 Å². The van der Waals surface area contributed by atoms with Crippen molar-refractivity contribution < 1.29 is 19.5 Å². The fourth-order valence-corrected chi connectivity index (χ4v) is 6.19. The number of benzene rings is 8. The Morgan fingerprint density at radius 2 is 0.867 bits per heavy atom. The Morgan fingerprint density at radius 1 is 0.333 bits per heavy atom. The molecule has 9 rings (SSSR count). The first-order valence-electron chi connectivity index (χ1n) is 20.0. The maximum atomic E-state index is 9.36. The highest BCUT2D eigenvalue weighted by Crippen LogP contribution is 2.44. The fourth-order valence-electron chi connectivity index (χ4n) is 6.19. The molecule has 0 spiro atoms. The average Bonchev–Trinajstić information content (AvgIpc) is 3.63. The van der Waals surface area contributed by atoms with Crippen LogP contribution >= 0.6 is 0 Å². The monoisotopic (exact) mass is 583 g/mol. The molecule has 0 saturated heterocycles. The van der Waals surface area contributed by atoms with E-state index in [2.05, 4.69) is 36.4 Å². The van der Waals surface area contributed by atoms with Crippen LogP contribution in [-0.2, 0) is 0 Å². The van der Waals surface area contributed by atoms with E-state index in [9.17, 15) is 1.37 Å². The van der Waals surface area contributed by atoms with E-state index in [0.717, 1.165) is 43.8 Å². The average molecular weight is 584 g/mol. The number of fused-ring (bicyclic) bond motifs is 5. The quantitative estimate of drug-likeness (QED) is 0.188. The summed E-state index contributed by atoms with van der Waals surface area (Å²) in [6.45, 7) is 0. The van der Waals surface area contributed by atoms with Crippen molar-refractivity contribution in [2.45, 2.75) is 0 Å². The zero-order chi connectivity index (χ0) is 39.3. The highest BCUT2D eigenvalue weighted by Gasteiger charge is 2.16. The highest BCUT2D eigenvalue weighted by molar-refractivity contribution is 6.21. The van der Waals surface area contributed by atoms with E-state index in [1.54, 1.807) is 12.1 Å². The smallest absolute Gasteiger partial charge is 0.136 e. The predicted octanol–water partition coefficient (Wildman–Crippen LogP) is 12.6. The SMILES string of the molecule is [2H]c1c([2H])c([2H])c(-c2c([2H])c([2H])c3c(oc4c([2H])c([2H])c(-c5ccc(-c6c7ccccc7c(-c7ccccc7)c7ccccc67)cc5)c([2H])c43)c2[2H])c([2H])c1[2H]. The van der Waals surface area contributed by atoms with Gasteiger partial charge in [0, 0.05) is 10.8 Å². The Labute approximate surface area is 277 Å². The summed E-state index contributed by atoms with van der Waals surface area (Å²) in [7, 11) is 0. The summed E-state index contributed by atoms with van der Waals surface area (Å²) in [5, 5.41) is 4.19. The number of hydrogen-bond donors (Lipinski definition) is 0. The van der Waals surface area contributed by atoms with Crippen LogP contribution < -0.4 is 0 Å². The Morgan fingerprint density at radius 3 is 1.51 bits per heavy atom. The van der Waals surface area contributed by atoms with Crippen LogP contribution in [0.1, 0.15) is 15.1 Å². The second kappa shape index (κ2) is 10.4. The molecular formula is C44H28O. The summed E-state index contributed by atoms with van der Waals surface area (Å²) in [5.41, 5.74) is 3.45. The van der Waals surface area contributed by atoms with Crippen molar-refractivity contribution in [2.24, 2.45) is 0 Å². The summed E-state index contributed by atoms with van der Waals surface area (Å²) in [6, 6.07) is 28.6. The first-order chi connectivity index (χ1) is 26.9. The van der Waals surface area contributed by atoms with Gasteiger partial charge in [-0.2, -0.15) is 0 Å². The topological polar surface area (TPSA) is 13.1 Å². The molecule has 0 atom stereocenters. The third-order valence-corrected chi connectivity index (χ3v) is 8.22. The molecule has 0 aliphatic heterocycles. The Hall–Kier alpha value is -5.92. The summed E-state index contributed by atoms with van der Waals surface area (Å²) in [5.74, 6) is 0. The van der Waals surface area contributed by atoms with Gasteiger partial charge in [0.05, 0.1) is 15.1 Å². The lowest BCUT2D eigenvalue weighted by Gasteiger charge is -2.18. The highest BCUT2D eigenvalue weighted by atomic mass is 16.3. The van der Waals surface area contributed by atoms with Gasteiger partial charge in [-0.15, -0.1) is 0 Å². The van der Waals surface area contributed by atoms with Gasteiger partial charge in [-0.3, -0.25) is 0 Å². The van der Waals surface area contributed by atoms with Crippen LogP contribution in [0, 0.1) is 0 Å². The molecule has 0 bridgehead atoms. The van der Waals surface area contributed by atoms with Gasteiger partial charge < -0.3 is 4.42 Å². The standard InChI is InChI=1S/C44H28O/c1-3-11-29(12-4-1)34-23-25-35-40-27-33(24-26-41(40)45-42(35)28-34)30-19-21-32(22-20-30)44-38-17-9-7-15-36(38)43(31-13-5-2-6-14-31)37-16-8-10-18-39(37)44/h1-28H/i1D,3D,4D,11D,12D,23D,24D,25D,26D,27D,28D. The first kappa shape index (κ1) is 16.8. The van der Waals surface area contributed by atoms with Crippen LogP contribution in [-0.4, -0.2) is 0 Å². The molecule has 1 heteroatoms. The minimum Gasteiger partial charge on any atom is -0.456 e. The summed E-state index contributed by atoms with van der Waals surface area (Å²) < 4.78 is 101. The minimum atomic E-state index is -0.655. The summed E-state index contributed by atoms with van der Waals surface area (Å²) >= 11 is 0. The molecular weight excluding hydrogens is 544 g/mol. The maximum absolute atomic E-state index is 9.36. The van der Waals surface area contributed by atoms with Crippen molar-refractivity contribution in [3.63, 3.8) is 0 Å². The molecule has 0 N–H and O–H groups in total. The zero-order valence-corrected chi connectivity index (χ0v) is 23.7. The van der Waals surface area contributed by atoms with Gasteiger partial charge in [-0.1, -0.05) is 145 Å². The lowest BCUT2D eigenvalue weighted by molar-refractivity contribution is 0.669. The zero-order valence-electron chi connectivity index (χ0n) is 34.7. The molecule has 0 saturated carbocycles. The van der Waals surface area contributed by atoms with E-state index in [4.69, 9.17) is 18.1 Å². The van der Waals surface area contributed by atoms with Crippen LogP contribution in [0.5, 0.6) is 0 Å². The van der Waals surface area contributed by atoms with E-state index in [1.807, 2.05) is 54.6 Å². The third kappa shape index (κ3) is 4.24. The van der Waals surface area contributed by atoms with Crippen LogP contribution in [0.25, 0.3) is 88.0 Å². The van der Waals surface area contributed by atoms with Crippen LogP contribution in [0.4, 0.5) is 0 Å². The van der Waals surface area contributed by atoms with Gasteiger partial charge in [-0.05, 0) is 90.2 Å². The molecule has 0 aliphatic rings. The lowest BCUT2D eigenvalue weighted by atomic mass is 9.86. The van der Waals surface area contributed by atoms with Crippen molar-refractivity contribution in [1.82, 2.24) is 0 Å². The van der Waals surface area contributed by atoms with Gasteiger partial charge >= 0.3 is 0 Å². The van der Waals surface area contributed by atoms with Crippen LogP contribution in [0.2, 0.25) is 0 Å². The summed E-state index contributed by atoms with van der Waals surface area (Å²) in [4.78, 5) is 0. The first-order valence-corrected chi connectivity index (χ1v) is 14.5. The molecule has 0 aliphatic carbocycles. The number of rotatable bonds is 4. The Kier molecular flexibility index (Phi) is 3.87. The molecule has 1 aromatic heterocycles. The Bertz CT molecular complexity index is 3050. The van der Waals surface area contributed by atoms with E-state index < -0.39 is 59.5 Å². The molecule has 0 radical (unpaired) electrons. The van der Waals surface area contributed by atoms with Crippen LogP contribution in [0.3, 0.4) is 0 Å². The third-order valence-electron chi connectivity index (χ3n) is 8.22. The van der Waals surface area contributed by atoms with Crippen molar-refractivity contribution in [2.75, 3.05) is 0 Å². The molecule has 0 unspecified atom stereocenters. The number of furan rings is 1. The van der Waals surface area contributed by atoms with Crippen LogP contribution in [0.15, 0.2) is 174 Å². The lowest BCUT2D eigenvalue weighted by Crippen LogP contribution is -1.90. The van der Waals surface area contributed by atoms with Gasteiger partial charge in [0.1, 0.15) is 11.2 Å². The molecule has 210 valence electrons. The van der Waals surface area contributed by atoms with Crippen molar-refractivity contribution >= 4 is 43.5 Å². The molecule has 45 heavy (non-hydrogen) atoms. The van der Waals surface area contributed by atoms with Gasteiger partial charge in [0.15, 0.2) is 0 Å². The normalized spacial score (nSPS) is 15.0. The maximum Gasteiger partial charge on any atom is 0.136 e. The van der Waals surface area contributed by atoms with Crippen molar-refractivity contribution in [3.8, 4) is 44.5 Å². The number of hydrogen-bond acceptors (Lipinski definition) is 1.